The van der Waals surface area contributed by atoms with Crippen LogP contribution in [0.3, 0.4) is 0 Å². The van der Waals surface area contributed by atoms with Gasteiger partial charge in [-0.2, -0.15) is 0 Å². The lowest BCUT2D eigenvalue weighted by Crippen LogP contribution is -2.21. The van der Waals surface area contributed by atoms with E-state index in [0.717, 1.165) is 21.6 Å². The molecule has 0 saturated carbocycles. The molecule has 2 nitrogen and oxygen atoms in total. The second-order valence-corrected chi connectivity index (χ2v) is 5.08. The number of halogens is 1. The Morgan fingerprint density at radius 1 is 1.18 bits per heavy atom. The second kappa shape index (κ2) is 4.92. The highest BCUT2D eigenvalue weighted by atomic mass is 35.5. The smallest absolute Gasteiger partial charge is 0.0948 e. The largest absolute Gasteiger partial charge is 0.381 e. The monoisotopic (exact) mass is 248 g/mol. The maximum absolute atomic E-state index is 6.16. The minimum Gasteiger partial charge on any atom is -0.381 e. The lowest BCUT2D eigenvalue weighted by atomic mass is 10.1. The van der Waals surface area contributed by atoms with E-state index < -0.39 is 0 Å². The van der Waals surface area contributed by atoms with E-state index >= 15 is 0 Å². The van der Waals surface area contributed by atoms with Gasteiger partial charge in [0.25, 0.3) is 0 Å². The molecule has 1 atom stereocenters. The van der Waals surface area contributed by atoms with Crippen LogP contribution in [0.1, 0.15) is 20.8 Å². The van der Waals surface area contributed by atoms with Gasteiger partial charge < -0.3 is 5.32 Å². The Balaban J connectivity index is 2.45. The molecule has 1 aromatic carbocycles. The summed E-state index contributed by atoms with van der Waals surface area (Å²) in [6.07, 6.45) is 1.80. The molecule has 0 bridgehead atoms. The Bertz CT molecular complexity index is 523. The van der Waals surface area contributed by atoms with Gasteiger partial charge >= 0.3 is 0 Å². The maximum atomic E-state index is 6.16. The highest BCUT2D eigenvalue weighted by molar-refractivity contribution is 6.35. The lowest BCUT2D eigenvalue weighted by molar-refractivity contribution is 0.560. The van der Waals surface area contributed by atoms with Crippen molar-refractivity contribution in [1.82, 2.24) is 4.98 Å². The minimum absolute atomic E-state index is 0.404. The number of aromatic nitrogens is 1. The van der Waals surface area contributed by atoms with Crippen LogP contribution in [0.15, 0.2) is 30.5 Å². The molecule has 3 heteroatoms. The van der Waals surface area contributed by atoms with Crippen LogP contribution in [-0.2, 0) is 0 Å². The van der Waals surface area contributed by atoms with E-state index in [9.17, 15) is 0 Å². The molecule has 0 aliphatic rings. The van der Waals surface area contributed by atoms with Crippen LogP contribution in [0.2, 0.25) is 5.02 Å². The van der Waals surface area contributed by atoms with Crippen LogP contribution in [-0.4, -0.2) is 11.0 Å². The molecular formula is C14H17ClN2. The average Bonchev–Trinajstić information content (AvgIpc) is 2.33. The van der Waals surface area contributed by atoms with Crippen LogP contribution >= 0.6 is 11.6 Å². The van der Waals surface area contributed by atoms with Crippen LogP contribution < -0.4 is 5.32 Å². The van der Waals surface area contributed by atoms with E-state index in [-0.39, 0.29) is 0 Å². The standard InChI is InChI=1S/C14H17ClN2/c1-9(2)10(3)17-13-7-6-12(15)11-5-4-8-16-14(11)13/h4-10,17H,1-3H3. The Hall–Kier alpha value is -1.28. The fourth-order valence-corrected chi connectivity index (χ4v) is 1.88. The van der Waals surface area contributed by atoms with Crippen LogP contribution in [0, 0.1) is 5.92 Å². The minimum atomic E-state index is 0.404. The van der Waals surface area contributed by atoms with Crippen LogP contribution in [0.4, 0.5) is 5.69 Å². The van der Waals surface area contributed by atoms with Gasteiger partial charge in [0, 0.05) is 17.6 Å². The summed E-state index contributed by atoms with van der Waals surface area (Å²) in [5.41, 5.74) is 1.98. The summed E-state index contributed by atoms with van der Waals surface area (Å²) >= 11 is 6.16. The number of hydrogen-bond donors (Lipinski definition) is 1. The van der Waals surface area contributed by atoms with E-state index in [4.69, 9.17) is 11.6 Å². The summed E-state index contributed by atoms with van der Waals surface area (Å²) in [5.74, 6) is 0.574. The normalized spacial score (nSPS) is 13.0. The number of benzene rings is 1. The Morgan fingerprint density at radius 3 is 2.65 bits per heavy atom. The van der Waals surface area contributed by atoms with E-state index in [1.165, 1.54) is 0 Å². The first-order valence-corrected chi connectivity index (χ1v) is 6.27. The Labute approximate surface area is 107 Å². The van der Waals surface area contributed by atoms with Crippen molar-refractivity contribution >= 4 is 28.2 Å². The number of nitrogens with one attached hydrogen (secondary N) is 1. The summed E-state index contributed by atoms with van der Waals surface area (Å²) in [4.78, 5) is 4.41. The van der Waals surface area contributed by atoms with Gasteiger partial charge in [0.1, 0.15) is 0 Å². The van der Waals surface area contributed by atoms with Crippen molar-refractivity contribution in [2.45, 2.75) is 26.8 Å². The number of nitrogens with zero attached hydrogens (tertiary/aromatic N) is 1. The zero-order valence-corrected chi connectivity index (χ0v) is 11.1. The van der Waals surface area contributed by atoms with Gasteiger partial charge in [0.05, 0.1) is 16.2 Å². The first kappa shape index (κ1) is 12.2. The zero-order chi connectivity index (χ0) is 12.4. The molecule has 1 N–H and O–H groups in total. The summed E-state index contributed by atoms with van der Waals surface area (Å²) in [6.45, 7) is 6.57. The number of hydrogen-bond acceptors (Lipinski definition) is 2. The first-order chi connectivity index (χ1) is 8.09. The summed E-state index contributed by atoms with van der Waals surface area (Å²) in [5, 5.41) is 5.23. The van der Waals surface area contributed by atoms with Gasteiger partial charge in [0.2, 0.25) is 0 Å². The van der Waals surface area contributed by atoms with Gasteiger partial charge in [-0.25, -0.2) is 0 Å². The van der Waals surface area contributed by atoms with Gasteiger partial charge in [-0.3, -0.25) is 4.98 Å². The predicted octanol–water partition coefficient (Wildman–Crippen LogP) is 4.34. The van der Waals surface area contributed by atoms with Crippen molar-refractivity contribution in [3.05, 3.63) is 35.5 Å². The summed E-state index contributed by atoms with van der Waals surface area (Å²) in [6, 6.07) is 8.22. The van der Waals surface area contributed by atoms with Gasteiger partial charge in [0.15, 0.2) is 0 Å². The van der Waals surface area contributed by atoms with Crippen molar-refractivity contribution < 1.29 is 0 Å². The third-order valence-corrected chi connectivity index (χ3v) is 3.43. The zero-order valence-electron chi connectivity index (χ0n) is 10.4. The molecule has 1 aromatic heterocycles. The fourth-order valence-electron chi connectivity index (χ4n) is 1.67. The molecule has 0 radical (unpaired) electrons. The molecule has 17 heavy (non-hydrogen) atoms. The molecule has 2 aromatic rings. The van der Waals surface area contributed by atoms with Crippen LogP contribution in [0.25, 0.3) is 10.9 Å². The molecule has 2 rings (SSSR count). The van der Waals surface area contributed by atoms with E-state index in [1.807, 2.05) is 24.3 Å². The Kier molecular flexibility index (Phi) is 3.53. The maximum Gasteiger partial charge on any atom is 0.0948 e. The molecular weight excluding hydrogens is 232 g/mol. The van der Waals surface area contributed by atoms with Crippen molar-refractivity contribution in [3.8, 4) is 0 Å². The molecule has 0 saturated heterocycles. The molecule has 1 heterocycles. The number of fused-ring (bicyclic) bond motifs is 1. The van der Waals surface area contributed by atoms with Crippen LogP contribution in [0.5, 0.6) is 0 Å². The number of rotatable bonds is 3. The van der Waals surface area contributed by atoms with E-state index in [1.54, 1.807) is 6.20 Å². The molecule has 0 fully saturated rings. The number of pyridine rings is 1. The Morgan fingerprint density at radius 2 is 1.94 bits per heavy atom. The van der Waals surface area contributed by atoms with Crippen molar-refractivity contribution in [2.75, 3.05) is 5.32 Å². The SMILES string of the molecule is CC(C)C(C)Nc1ccc(Cl)c2cccnc12. The van der Waals surface area contributed by atoms with Gasteiger partial charge in [-0.15, -0.1) is 0 Å². The van der Waals surface area contributed by atoms with Crippen molar-refractivity contribution in [3.63, 3.8) is 0 Å². The molecule has 1 unspecified atom stereocenters. The third kappa shape index (κ3) is 2.52. The van der Waals surface area contributed by atoms with Crippen molar-refractivity contribution in [1.29, 1.82) is 0 Å². The summed E-state index contributed by atoms with van der Waals surface area (Å²) in [7, 11) is 0. The molecule has 0 spiro atoms. The molecule has 90 valence electrons. The van der Waals surface area contributed by atoms with E-state index in [2.05, 4.69) is 31.1 Å². The average molecular weight is 249 g/mol. The second-order valence-electron chi connectivity index (χ2n) is 4.67. The topological polar surface area (TPSA) is 24.9 Å². The highest BCUT2D eigenvalue weighted by Gasteiger charge is 2.10. The van der Waals surface area contributed by atoms with E-state index in [0.29, 0.717) is 12.0 Å². The lowest BCUT2D eigenvalue weighted by Gasteiger charge is -2.19. The fraction of sp³-hybridized carbons (Fsp3) is 0.357. The first-order valence-electron chi connectivity index (χ1n) is 5.89. The third-order valence-electron chi connectivity index (χ3n) is 3.10. The van der Waals surface area contributed by atoms with Gasteiger partial charge in [-0.05, 0) is 37.1 Å². The summed E-state index contributed by atoms with van der Waals surface area (Å²) < 4.78 is 0. The molecule has 0 amide bonds. The predicted molar refractivity (Wildman–Crippen MR) is 74.7 cm³/mol. The van der Waals surface area contributed by atoms with Gasteiger partial charge in [-0.1, -0.05) is 25.4 Å². The molecule has 0 aliphatic carbocycles. The number of anilines is 1. The highest BCUT2D eigenvalue weighted by Crippen LogP contribution is 2.28. The quantitative estimate of drug-likeness (QED) is 0.874. The molecule has 0 aliphatic heterocycles. The van der Waals surface area contributed by atoms with Crippen molar-refractivity contribution in [2.24, 2.45) is 5.92 Å².